The molecule has 2 aromatic heterocycles. The van der Waals surface area contributed by atoms with Crippen LogP contribution in [0.1, 0.15) is 16.3 Å². The van der Waals surface area contributed by atoms with Gasteiger partial charge in [-0.05, 0) is 42.1 Å². The summed E-state index contributed by atoms with van der Waals surface area (Å²) < 4.78 is 0. The minimum Gasteiger partial charge on any atom is -0.305 e. The quantitative estimate of drug-likeness (QED) is 0.777. The molecular weight excluding hydrogens is 292 g/mol. The molecule has 0 spiro atoms. The van der Waals surface area contributed by atoms with Crippen molar-refractivity contribution in [3.63, 3.8) is 0 Å². The SMILES string of the molecule is Cc1ccsc1C=C(Cl)c1nc2ccccc2c(=O)[nH]1. The van der Waals surface area contributed by atoms with E-state index in [1.165, 1.54) is 0 Å². The topological polar surface area (TPSA) is 45.8 Å². The molecule has 0 aliphatic carbocycles. The molecule has 5 heteroatoms. The number of nitrogens with one attached hydrogen (secondary N) is 1. The van der Waals surface area contributed by atoms with Gasteiger partial charge in [0.25, 0.3) is 5.56 Å². The summed E-state index contributed by atoms with van der Waals surface area (Å²) in [6.45, 7) is 2.02. The molecule has 100 valence electrons. The van der Waals surface area contributed by atoms with Crippen molar-refractivity contribution < 1.29 is 0 Å². The highest BCUT2D eigenvalue weighted by Gasteiger charge is 2.07. The number of aromatic amines is 1. The fraction of sp³-hybridized carbons (Fsp3) is 0.0667. The van der Waals surface area contributed by atoms with Crippen molar-refractivity contribution in [2.24, 2.45) is 0 Å². The van der Waals surface area contributed by atoms with Crippen LogP contribution >= 0.6 is 22.9 Å². The van der Waals surface area contributed by atoms with E-state index >= 15 is 0 Å². The molecule has 0 unspecified atom stereocenters. The van der Waals surface area contributed by atoms with E-state index in [1.54, 1.807) is 23.5 Å². The third-order valence-corrected chi connectivity index (χ3v) is 4.25. The van der Waals surface area contributed by atoms with E-state index in [0.717, 1.165) is 10.4 Å². The molecular formula is C15H11ClN2OS. The first-order valence-corrected chi connectivity index (χ1v) is 7.31. The maximum Gasteiger partial charge on any atom is 0.259 e. The Hall–Kier alpha value is -1.91. The molecule has 0 bridgehead atoms. The predicted octanol–water partition coefficient (Wildman–Crippen LogP) is 4.03. The number of fused-ring (bicyclic) bond motifs is 1. The van der Waals surface area contributed by atoms with Crippen LogP contribution in [0.15, 0.2) is 40.5 Å². The number of hydrogen-bond donors (Lipinski definition) is 1. The molecule has 0 atom stereocenters. The van der Waals surface area contributed by atoms with Crippen LogP contribution in [0, 0.1) is 6.92 Å². The van der Waals surface area contributed by atoms with Crippen LogP contribution in [0.25, 0.3) is 22.0 Å². The number of para-hydroxylation sites is 1. The lowest BCUT2D eigenvalue weighted by Gasteiger charge is -2.01. The van der Waals surface area contributed by atoms with Crippen molar-refractivity contribution in [1.82, 2.24) is 9.97 Å². The Morgan fingerprint density at radius 2 is 2.15 bits per heavy atom. The summed E-state index contributed by atoms with van der Waals surface area (Å²) in [6, 6.07) is 9.23. The van der Waals surface area contributed by atoms with Crippen LogP contribution in [-0.4, -0.2) is 9.97 Å². The van der Waals surface area contributed by atoms with Crippen LogP contribution in [0.2, 0.25) is 0 Å². The Kier molecular flexibility index (Phi) is 3.42. The van der Waals surface area contributed by atoms with Gasteiger partial charge in [0.15, 0.2) is 5.82 Å². The highest BCUT2D eigenvalue weighted by Crippen LogP contribution is 2.24. The Labute approximate surface area is 124 Å². The van der Waals surface area contributed by atoms with Crippen LogP contribution in [0.3, 0.4) is 0 Å². The molecule has 3 aromatic rings. The van der Waals surface area contributed by atoms with Gasteiger partial charge < -0.3 is 4.98 Å². The molecule has 0 radical (unpaired) electrons. The number of H-pyrrole nitrogens is 1. The Morgan fingerprint density at radius 3 is 2.90 bits per heavy atom. The van der Waals surface area contributed by atoms with Crippen molar-refractivity contribution in [2.75, 3.05) is 0 Å². The molecule has 3 nitrogen and oxygen atoms in total. The largest absolute Gasteiger partial charge is 0.305 e. The lowest BCUT2D eigenvalue weighted by molar-refractivity contribution is 1.14. The molecule has 0 fully saturated rings. The number of thiophene rings is 1. The van der Waals surface area contributed by atoms with Crippen molar-refractivity contribution in [1.29, 1.82) is 0 Å². The van der Waals surface area contributed by atoms with Crippen LogP contribution in [-0.2, 0) is 0 Å². The third kappa shape index (κ3) is 2.40. The summed E-state index contributed by atoms with van der Waals surface area (Å²) in [5, 5.41) is 2.99. The summed E-state index contributed by atoms with van der Waals surface area (Å²) in [6.07, 6.45) is 1.83. The zero-order valence-corrected chi connectivity index (χ0v) is 12.3. The van der Waals surface area contributed by atoms with Gasteiger partial charge in [0, 0.05) is 4.88 Å². The number of aromatic nitrogens is 2. The number of aryl methyl sites for hydroxylation is 1. The fourth-order valence-corrected chi connectivity index (χ4v) is 3.04. The monoisotopic (exact) mass is 302 g/mol. The van der Waals surface area contributed by atoms with Crippen LogP contribution < -0.4 is 5.56 Å². The zero-order chi connectivity index (χ0) is 14.1. The third-order valence-electron chi connectivity index (χ3n) is 3.00. The first kappa shape index (κ1) is 13.1. The van der Waals surface area contributed by atoms with E-state index in [1.807, 2.05) is 36.6 Å². The Balaban J connectivity index is 2.13. The van der Waals surface area contributed by atoms with E-state index in [2.05, 4.69) is 9.97 Å². The molecule has 3 rings (SSSR count). The highest BCUT2D eigenvalue weighted by molar-refractivity contribution is 7.11. The number of benzene rings is 1. The number of nitrogens with zero attached hydrogens (tertiary/aromatic N) is 1. The summed E-state index contributed by atoms with van der Waals surface area (Å²) in [7, 11) is 0. The van der Waals surface area contributed by atoms with E-state index in [-0.39, 0.29) is 5.56 Å². The molecule has 1 N–H and O–H groups in total. The van der Waals surface area contributed by atoms with Gasteiger partial charge in [-0.3, -0.25) is 4.79 Å². The molecule has 2 heterocycles. The van der Waals surface area contributed by atoms with Crippen LogP contribution in [0.4, 0.5) is 0 Å². The smallest absolute Gasteiger partial charge is 0.259 e. The van der Waals surface area contributed by atoms with Crippen molar-refractivity contribution >= 4 is 44.9 Å². The van der Waals surface area contributed by atoms with Gasteiger partial charge in [0.05, 0.1) is 15.9 Å². The molecule has 0 amide bonds. The second-order valence-electron chi connectivity index (χ2n) is 4.39. The second-order valence-corrected chi connectivity index (χ2v) is 5.75. The number of halogens is 1. The predicted molar refractivity (Wildman–Crippen MR) is 85.1 cm³/mol. The Bertz CT molecular complexity index is 863. The average Bonchev–Trinajstić information content (AvgIpc) is 2.84. The summed E-state index contributed by atoms with van der Waals surface area (Å²) >= 11 is 7.88. The Morgan fingerprint density at radius 1 is 1.35 bits per heavy atom. The van der Waals surface area contributed by atoms with Crippen molar-refractivity contribution in [3.05, 3.63) is 62.3 Å². The number of hydrogen-bond acceptors (Lipinski definition) is 3. The number of rotatable bonds is 2. The van der Waals surface area contributed by atoms with Gasteiger partial charge in [-0.25, -0.2) is 4.98 Å². The molecule has 0 saturated carbocycles. The maximum atomic E-state index is 12.0. The van der Waals surface area contributed by atoms with E-state index in [9.17, 15) is 4.79 Å². The maximum absolute atomic E-state index is 12.0. The summed E-state index contributed by atoms with van der Waals surface area (Å²) in [5.41, 5.74) is 1.61. The first-order chi connectivity index (χ1) is 9.65. The molecule has 20 heavy (non-hydrogen) atoms. The minimum absolute atomic E-state index is 0.181. The molecule has 0 aliphatic rings. The average molecular weight is 303 g/mol. The standard InChI is InChI=1S/C15H11ClN2OS/c1-9-6-7-20-13(9)8-11(16)14-17-12-5-3-2-4-10(12)15(19)18-14/h2-8H,1H3,(H,17,18,19). The van der Waals surface area contributed by atoms with Gasteiger partial charge in [-0.1, -0.05) is 23.7 Å². The van der Waals surface area contributed by atoms with Gasteiger partial charge in [-0.2, -0.15) is 0 Å². The first-order valence-electron chi connectivity index (χ1n) is 6.06. The highest BCUT2D eigenvalue weighted by atomic mass is 35.5. The van der Waals surface area contributed by atoms with E-state index < -0.39 is 0 Å². The zero-order valence-electron chi connectivity index (χ0n) is 10.7. The van der Waals surface area contributed by atoms with Gasteiger partial charge in [0.2, 0.25) is 0 Å². The molecule has 0 saturated heterocycles. The summed E-state index contributed by atoms with van der Waals surface area (Å²) in [4.78, 5) is 20.2. The van der Waals surface area contributed by atoms with Gasteiger partial charge >= 0.3 is 0 Å². The van der Waals surface area contributed by atoms with Gasteiger partial charge in [0.1, 0.15) is 0 Å². The molecule has 1 aromatic carbocycles. The second kappa shape index (κ2) is 5.23. The van der Waals surface area contributed by atoms with Gasteiger partial charge in [-0.15, -0.1) is 11.3 Å². The normalized spacial score (nSPS) is 12.0. The van der Waals surface area contributed by atoms with Crippen LogP contribution in [0.5, 0.6) is 0 Å². The van der Waals surface area contributed by atoms with Crippen molar-refractivity contribution in [2.45, 2.75) is 6.92 Å². The minimum atomic E-state index is -0.181. The fourth-order valence-electron chi connectivity index (χ4n) is 1.92. The van der Waals surface area contributed by atoms with Crippen molar-refractivity contribution in [3.8, 4) is 0 Å². The van der Waals surface area contributed by atoms with E-state index in [4.69, 9.17) is 11.6 Å². The van der Waals surface area contributed by atoms with E-state index in [0.29, 0.717) is 21.8 Å². The molecule has 0 aliphatic heterocycles. The summed E-state index contributed by atoms with van der Waals surface area (Å²) in [5.74, 6) is 0.392. The lowest BCUT2D eigenvalue weighted by Crippen LogP contribution is -2.10. The lowest BCUT2D eigenvalue weighted by atomic mass is 10.2.